The zero-order chi connectivity index (χ0) is 13.1. The van der Waals surface area contributed by atoms with Gasteiger partial charge in [-0.05, 0) is 31.0 Å². The molecular weight excluding hydrogens is 228 g/mol. The van der Waals surface area contributed by atoms with Crippen LogP contribution in [-0.4, -0.2) is 16.1 Å². The van der Waals surface area contributed by atoms with Crippen molar-refractivity contribution >= 4 is 6.29 Å². The first kappa shape index (κ1) is 12.4. The van der Waals surface area contributed by atoms with Crippen LogP contribution in [-0.2, 0) is 13.5 Å². The number of ether oxygens (including phenoxy) is 1. The van der Waals surface area contributed by atoms with Gasteiger partial charge < -0.3 is 4.74 Å². The summed E-state index contributed by atoms with van der Waals surface area (Å²) in [7, 11) is 1.76. The summed E-state index contributed by atoms with van der Waals surface area (Å²) >= 11 is 0. The summed E-state index contributed by atoms with van der Waals surface area (Å²) in [6, 6.07) is 7.83. The van der Waals surface area contributed by atoms with Gasteiger partial charge in [0, 0.05) is 7.05 Å². The number of aldehydes is 1. The monoisotopic (exact) mass is 244 g/mol. The molecule has 0 amide bonds. The molecule has 0 unspecified atom stereocenters. The molecule has 4 nitrogen and oxygen atoms in total. The van der Waals surface area contributed by atoms with E-state index < -0.39 is 0 Å². The minimum Gasteiger partial charge on any atom is -0.439 e. The third-order valence-electron chi connectivity index (χ3n) is 2.85. The lowest BCUT2D eigenvalue weighted by Crippen LogP contribution is -1.97. The number of aryl methyl sites for hydroxylation is 3. The Bertz CT molecular complexity index is 573. The Hall–Kier alpha value is -2.10. The molecule has 0 radical (unpaired) electrons. The number of rotatable bonds is 4. The van der Waals surface area contributed by atoms with Crippen LogP contribution >= 0.6 is 0 Å². The SMILES string of the molecule is CCc1cccc(Oc2c(C=O)c(C)nn2C)c1. The molecule has 94 valence electrons. The van der Waals surface area contributed by atoms with Gasteiger partial charge in [0.2, 0.25) is 5.88 Å². The van der Waals surface area contributed by atoms with Crippen molar-refractivity contribution in [2.45, 2.75) is 20.3 Å². The van der Waals surface area contributed by atoms with Crippen LogP contribution in [0.25, 0.3) is 0 Å². The number of carbonyl (C=O) groups is 1. The van der Waals surface area contributed by atoms with Crippen LogP contribution < -0.4 is 4.74 Å². The van der Waals surface area contributed by atoms with Crippen LogP contribution in [0.1, 0.15) is 28.5 Å². The van der Waals surface area contributed by atoms with Gasteiger partial charge in [-0.2, -0.15) is 5.10 Å². The van der Waals surface area contributed by atoms with Crippen LogP contribution in [0.5, 0.6) is 11.6 Å². The first-order valence-electron chi connectivity index (χ1n) is 5.91. The predicted molar refractivity (Wildman–Crippen MR) is 69.2 cm³/mol. The maximum absolute atomic E-state index is 11.0. The summed E-state index contributed by atoms with van der Waals surface area (Å²) in [5.41, 5.74) is 2.37. The van der Waals surface area contributed by atoms with Crippen LogP contribution in [0.2, 0.25) is 0 Å². The summed E-state index contributed by atoms with van der Waals surface area (Å²) in [6.45, 7) is 3.88. The maximum Gasteiger partial charge on any atom is 0.228 e. The molecule has 1 heterocycles. The minimum absolute atomic E-state index is 0.482. The van der Waals surface area contributed by atoms with E-state index in [1.807, 2.05) is 24.3 Å². The smallest absolute Gasteiger partial charge is 0.228 e. The van der Waals surface area contributed by atoms with Gasteiger partial charge in [0.1, 0.15) is 5.75 Å². The molecular formula is C14H16N2O2. The second-order valence-electron chi connectivity index (χ2n) is 4.15. The third kappa shape index (κ3) is 2.27. The van der Waals surface area contributed by atoms with E-state index in [2.05, 4.69) is 12.0 Å². The highest BCUT2D eigenvalue weighted by Crippen LogP contribution is 2.26. The van der Waals surface area contributed by atoms with Gasteiger partial charge in [-0.15, -0.1) is 0 Å². The normalized spacial score (nSPS) is 10.4. The average molecular weight is 244 g/mol. The summed E-state index contributed by atoms with van der Waals surface area (Å²) in [5.74, 6) is 1.20. The summed E-state index contributed by atoms with van der Waals surface area (Å²) in [4.78, 5) is 11.0. The van der Waals surface area contributed by atoms with E-state index in [0.717, 1.165) is 18.5 Å². The molecule has 0 fully saturated rings. The third-order valence-corrected chi connectivity index (χ3v) is 2.85. The quantitative estimate of drug-likeness (QED) is 0.777. The van der Waals surface area contributed by atoms with E-state index in [1.54, 1.807) is 18.7 Å². The zero-order valence-corrected chi connectivity index (χ0v) is 10.8. The minimum atomic E-state index is 0.482. The van der Waals surface area contributed by atoms with E-state index in [0.29, 0.717) is 17.1 Å². The molecule has 0 aliphatic carbocycles. The molecule has 0 aliphatic heterocycles. The van der Waals surface area contributed by atoms with Crippen molar-refractivity contribution in [3.8, 4) is 11.6 Å². The van der Waals surface area contributed by atoms with E-state index >= 15 is 0 Å². The number of nitrogens with zero attached hydrogens (tertiary/aromatic N) is 2. The Morgan fingerprint density at radius 3 is 2.89 bits per heavy atom. The molecule has 0 N–H and O–H groups in total. The van der Waals surface area contributed by atoms with Crippen molar-refractivity contribution in [1.82, 2.24) is 9.78 Å². The maximum atomic E-state index is 11.0. The van der Waals surface area contributed by atoms with Gasteiger partial charge in [-0.25, -0.2) is 4.68 Å². The zero-order valence-electron chi connectivity index (χ0n) is 10.8. The summed E-state index contributed by atoms with van der Waals surface area (Å²) in [6.07, 6.45) is 1.73. The summed E-state index contributed by atoms with van der Waals surface area (Å²) < 4.78 is 7.34. The molecule has 1 aromatic carbocycles. The van der Waals surface area contributed by atoms with Gasteiger partial charge >= 0.3 is 0 Å². The number of hydrogen-bond acceptors (Lipinski definition) is 3. The molecule has 0 bridgehead atoms. The lowest BCUT2D eigenvalue weighted by Gasteiger charge is -2.07. The van der Waals surface area contributed by atoms with E-state index in [4.69, 9.17) is 4.74 Å². The molecule has 2 rings (SSSR count). The number of aromatic nitrogens is 2. The Morgan fingerprint density at radius 1 is 1.44 bits per heavy atom. The second-order valence-corrected chi connectivity index (χ2v) is 4.15. The second kappa shape index (κ2) is 5.04. The molecule has 1 aromatic heterocycles. The van der Waals surface area contributed by atoms with Gasteiger partial charge in [0.15, 0.2) is 6.29 Å². The van der Waals surface area contributed by atoms with Crippen LogP contribution in [0.15, 0.2) is 24.3 Å². The Morgan fingerprint density at radius 2 is 2.22 bits per heavy atom. The van der Waals surface area contributed by atoms with Gasteiger partial charge in [-0.3, -0.25) is 4.79 Å². The Labute approximate surface area is 106 Å². The summed E-state index contributed by atoms with van der Waals surface area (Å²) in [5, 5.41) is 4.18. The first-order chi connectivity index (χ1) is 8.65. The molecule has 0 spiro atoms. The molecule has 0 saturated heterocycles. The highest BCUT2D eigenvalue weighted by molar-refractivity contribution is 5.80. The molecule has 4 heteroatoms. The molecule has 0 aliphatic rings. The first-order valence-corrected chi connectivity index (χ1v) is 5.91. The van der Waals surface area contributed by atoms with Gasteiger partial charge in [0.05, 0.1) is 11.3 Å². The van der Waals surface area contributed by atoms with E-state index in [9.17, 15) is 4.79 Å². The van der Waals surface area contributed by atoms with Crippen molar-refractivity contribution in [3.63, 3.8) is 0 Å². The van der Waals surface area contributed by atoms with Crippen molar-refractivity contribution < 1.29 is 9.53 Å². The topological polar surface area (TPSA) is 44.1 Å². The van der Waals surface area contributed by atoms with Crippen molar-refractivity contribution in [2.75, 3.05) is 0 Å². The predicted octanol–water partition coefficient (Wildman–Crippen LogP) is 2.90. The van der Waals surface area contributed by atoms with Gasteiger partial charge in [0.25, 0.3) is 0 Å². The fourth-order valence-electron chi connectivity index (χ4n) is 1.85. The lowest BCUT2D eigenvalue weighted by molar-refractivity contribution is 0.112. The van der Waals surface area contributed by atoms with Crippen LogP contribution in [0.3, 0.4) is 0 Å². The standard InChI is InChI=1S/C14H16N2O2/c1-4-11-6-5-7-12(8-11)18-14-13(9-17)10(2)15-16(14)3/h5-9H,4H2,1-3H3. The number of carbonyl (C=O) groups excluding carboxylic acids is 1. The van der Waals surface area contributed by atoms with Crippen molar-refractivity contribution in [3.05, 3.63) is 41.1 Å². The fourth-order valence-corrected chi connectivity index (χ4v) is 1.85. The molecule has 0 saturated carbocycles. The molecule has 18 heavy (non-hydrogen) atoms. The Kier molecular flexibility index (Phi) is 3.46. The van der Waals surface area contributed by atoms with Gasteiger partial charge in [-0.1, -0.05) is 19.1 Å². The highest BCUT2D eigenvalue weighted by atomic mass is 16.5. The highest BCUT2D eigenvalue weighted by Gasteiger charge is 2.14. The molecule has 0 atom stereocenters. The average Bonchev–Trinajstić information content (AvgIpc) is 2.64. The van der Waals surface area contributed by atoms with Crippen LogP contribution in [0.4, 0.5) is 0 Å². The van der Waals surface area contributed by atoms with Crippen LogP contribution in [0, 0.1) is 6.92 Å². The van der Waals surface area contributed by atoms with E-state index in [-0.39, 0.29) is 0 Å². The number of hydrogen-bond donors (Lipinski definition) is 0. The largest absolute Gasteiger partial charge is 0.439 e. The number of benzene rings is 1. The Balaban J connectivity index is 2.36. The van der Waals surface area contributed by atoms with E-state index in [1.165, 1.54) is 5.56 Å². The fraction of sp³-hybridized carbons (Fsp3) is 0.286. The molecule has 2 aromatic rings. The van der Waals surface area contributed by atoms with Crippen molar-refractivity contribution in [2.24, 2.45) is 7.05 Å². The lowest BCUT2D eigenvalue weighted by atomic mass is 10.2. The van der Waals surface area contributed by atoms with Crippen molar-refractivity contribution in [1.29, 1.82) is 0 Å².